The van der Waals surface area contributed by atoms with Crippen molar-refractivity contribution in [1.82, 2.24) is 0 Å². The molecule has 12 heavy (non-hydrogen) atoms. The van der Waals surface area contributed by atoms with E-state index in [-0.39, 0.29) is 5.92 Å². The molecule has 1 N–H and O–H groups in total. The molecule has 1 aromatic carbocycles. The number of nitrogens with zero attached hydrogens (tertiary/aromatic N) is 1. The smallest absolute Gasteiger partial charge is 0.119 e. The molecular weight excluding hydrogens is 150 g/mol. The van der Waals surface area contributed by atoms with Crippen LogP contribution in [0.5, 0.6) is 5.75 Å². The third-order valence-electron chi connectivity index (χ3n) is 2.40. The van der Waals surface area contributed by atoms with Gasteiger partial charge >= 0.3 is 0 Å². The number of nitriles is 1. The monoisotopic (exact) mass is 159 g/mol. The average Bonchev–Trinajstić information content (AvgIpc) is 2.49. The third-order valence-corrected chi connectivity index (χ3v) is 2.40. The van der Waals surface area contributed by atoms with E-state index in [9.17, 15) is 5.11 Å². The number of hydrogen-bond donors (Lipinski definition) is 1. The highest BCUT2D eigenvalue weighted by Crippen LogP contribution is 2.36. The Morgan fingerprint density at radius 2 is 2.33 bits per heavy atom. The molecule has 2 rings (SSSR count). The van der Waals surface area contributed by atoms with E-state index < -0.39 is 0 Å². The van der Waals surface area contributed by atoms with Crippen molar-refractivity contribution in [2.75, 3.05) is 0 Å². The van der Waals surface area contributed by atoms with E-state index in [2.05, 4.69) is 6.07 Å². The number of aromatic hydroxyl groups is 1. The van der Waals surface area contributed by atoms with Crippen LogP contribution in [0.1, 0.15) is 23.5 Å². The van der Waals surface area contributed by atoms with Gasteiger partial charge in [-0.25, -0.2) is 0 Å². The number of rotatable bonds is 0. The lowest BCUT2D eigenvalue weighted by atomic mass is 10.0. The number of phenolic OH excluding ortho intramolecular Hbond substituents is 1. The van der Waals surface area contributed by atoms with Gasteiger partial charge in [-0.2, -0.15) is 5.26 Å². The van der Waals surface area contributed by atoms with Crippen LogP contribution in [0, 0.1) is 11.3 Å². The van der Waals surface area contributed by atoms with Crippen molar-refractivity contribution < 1.29 is 5.11 Å². The fraction of sp³-hybridized carbons (Fsp3) is 0.300. The highest BCUT2D eigenvalue weighted by atomic mass is 16.3. The minimum Gasteiger partial charge on any atom is -0.508 e. The maximum atomic E-state index is 9.44. The third kappa shape index (κ3) is 0.868. The molecule has 0 aliphatic heterocycles. The maximum Gasteiger partial charge on any atom is 0.119 e. The van der Waals surface area contributed by atoms with E-state index in [1.54, 1.807) is 12.1 Å². The molecule has 0 saturated carbocycles. The first kappa shape index (κ1) is 7.17. The number of fused-ring (bicyclic) bond motifs is 1. The molecule has 0 saturated heterocycles. The SMILES string of the molecule is N#CC1CCc2c(O)cccc21. The molecule has 0 aromatic heterocycles. The lowest BCUT2D eigenvalue weighted by molar-refractivity contribution is 0.469. The molecule has 0 amide bonds. The molecular formula is C10H9NO. The Bertz CT molecular complexity index is 351. The zero-order chi connectivity index (χ0) is 8.55. The van der Waals surface area contributed by atoms with Gasteiger partial charge in [-0.1, -0.05) is 12.1 Å². The predicted molar refractivity (Wildman–Crippen MR) is 44.8 cm³/mol. The quantitative estimate of drug-likeness (QED) is 0.628. The summed E-state index contributed by atoms with van der Waals surface area (Å²) in [5, 5.41) is 18.2. The summed E-state index contributed by atoms with van der Waals surface area (Å²) in [6.07, 6.45) is 1.68. The van der Waals surface area contributed by atoms with Crippen molar-refractivity contribution in [1.29, 1.82) is 5.26 Å². The molecule has 1 aliphatic carbocycles. The predicted octanol–water partition coefficient (Wildman–Crippen LogP) is 1.95. The van der Waals surface area contributed by atoms with Crippen LogP contribution in [0.4, 0.5) is 0 Å². The Morgan fingerprint density at radius 3 is 3.08 bits per heavy atom. The summed E-state index contributed by atoms with van der Waals surface area (Å²) in [6, 6.07) is 7.64. The van der Waals surface area contributed by atoms with Gasteiger partial charge in [0.2, 0.25) is 0 Å². The summed E-state index contributed by atoms with van der Waals surface area (Å²) in [5.74, 6) is 0.331. The van der Waals surface area contributed by atoms with Crippen LogP contribution >= 0.6 is 0 Å². The summed E-state index contributed by atoms with van der Waals surface area (Å²) in [6.45, 7) is 0. The second-order valence-electron chi connectivity index (χ2n) is 3.07. The van der Waals surface area contributed by atoms with Crippen LogP contribution in [0.25, 0.3) is 0 Å². The van der Waals surface area contributed by atoms with Gasteiger partial charge in [0.25, 0.3) is 0 Å². The second kappa shape index (κ2) is 2.53. The fourth-order valence-corrected chi connectivity index (χ4v) is 1.77. The molecule has 0 heterocycles. The standard InChI is InChI=1S/C10H9NO/c11-6-7-4-5-9-8(7)2-1-3-10(9)12/h1-3,7,12H,4-5H2. The summed E-state index contributed by atoms with van der Waals surface area (Å²) in [4.78, 5) is 0. The van der Waals surface area contributed by atoms with Crippen LogP contribution < -0.4 is 0 Å². The van der Waals surface area contributed by atoms with Crippen LogP contribution in [0.3, 0.4) is 0 Å². The summed E-state index contributed by atoms with van der Waals surface area (Å²) < 4.78 is 0. The number of hydrogen-bond acceptors (Lipinski definition) is 2. The van der Waals surface area contributed by atoms with Crippen molar-refractivity contribution in [3.05, 3.63) is 29.3 Å². The summed E-state index contributed by atoms with van der Waals surface area (Å²) in [5.41, 5.74) is 1.97. The Morgan fingerprint density at radius 1 is 1.50 bits per heavy atom. The summed E-state index contributed by atoms with van der Waals surface area (Å²) in [7, 11) is 0. The van der Waals surface area contributed by atoms with Crippen molar-refractivity contribution in [3.63, 3.8) is 0 Å². The van der Waals surface area contributed by atoms with E-state index in [1.807, 2.05) is 6.07 Å². The molecule has 0 spiro atoms. The lowest BCUT2D eigenvalue weighted by Gasteiger charge is -2.02. The van der Waals surface area contributed by atoms with Gasteiger partial charge in [0.15, 0.2) is 0 Å². The first-order chi connectivity index (χ1) is 5.83. The van der Waals surface area contributed by atoms with E-state index >= 15 is 0 Å². The van der Waals surface area contributed by atoms with Crippen molar-refractivity contribution in [2.45, 2.75) is 18.8 Å². The molecule has 1 aromatic rings. The first-order valence-corrected chi connectivity index (χ1v) is 4.03. The molecule has 0 fully saturated rings. The molecule has 60 valence electrons. The molecule has 0 radical (unpaired) electrons. The van der Waals surface area contributed by atoms with Crippen LogP contribution in [0.15, 0.2) is 18.2 Å². The van der Waals surface area contributed by atoms with Gasteiger partial charge in [0.1, 0.15) is 5.75 Å². The Hall–Kier alpha value is -1.49. The molecule has 2 nitrogen and oxygen atoms in total. The van der Waals surface area contributed by atoms with Gasteiger partial charge < -0.3 is 5.11 Å². The van der Waals surface area contributed by atoms with Crippen molar-refractivity contribution in [2.24, 2.45) is 0 Å². The zero-order valence-corrected chi connectivity index (χ0v) is 6.62. The Balaban J connectivity index is 2.55. The highest BCUT2D eigenvalue weighted by molar-refractivity contribution is 5.46. The first-order valence-electron chi connectivity index (χ1n) is 4.03. The van der Waals surface area contributed by atoms with E-state index in [1.165, 1.54) is 0 Å². The lowest BCUT2D eigenvalue weighted by Crippen LogP contribution is -1.87. The minimum atomic E-state index is -0.00731. The van der Waals surface area contributed by atoms with Crippen LogP contribution in [0.2, 0.25) is 0 Å². The van der Waals surface area contributed by atoms with E-state index in [4.69, 9.17) is 5.26 Å². The second-order valence-corrected chi connectivity index (χ2v) is 3.07. The average molecular weight is 159 g/mol. The Kier molecular flexibility index (Phi) is 1.51. The number of phenols is 1. The fourth-order valence-electron chi connectivity index (χ4n) is 1.77. The van der Waals surface area contributed by atoms with Gasteiger partial charge in [-0.3, -0.25) is 0 Å². The number of benzene rings is 1. The minimum absolute atomic E-state index is 0.00731. The van der Waals surface area contributed by atoms with Gasteiger partial charge in [0, 0.05) is 0 Å². The van der Waals surface area contributed by atoms with Gasteiger partial charge in [0.05, 0.1) is 12.0 Å². The maximum absolute atomic E-state index is 9.44. The molecule has 2 heteroatoms. The zero-order valence-electron chi connectivity index (χ0n) is 6.62. The Labute approximate surface area is 71.1 Å². The topological polar surface area (TPSA) is 44.0 Å². The van der Waals surface area contributed by atoms with Crippen LogP contribution in [-0.4, -0.2) is 5.11 Å². The van der Waals surface area contributed by atoms with Crippen molar-refractivity contribution >= 4 is 0 Å². The van der Waals surface area contributed by atoms with Gasteiger partial charge in [-0.15, -0.1) is 0 Å². The van der Waals surface area contributed by atoms with Crippen molar-refractivity contribution in [3.8, 4) is 11.8 Å². The normalized spacial score (nSPS) is 20.1. The van der Waals surface area contributed by atoms with E-state index in [0.29, 0.717) is 5.75 Å². The highest BCUT2D eigenvalue weighted by Gasteiger charge is 2.23. The van der Waals surface area contributed by atoms with Crippen LogP contribution in [-0.2, 0) is 6.42 Å². The van der Waals surface area contributed by atoms with Gasteiger partial charge in [-0.05, 0) is 30.0 Å². The largest absolute Gasteiger partial charge is 0.508 e. The molecule has 1 unspecified atom stereocenters. The van der Waals surface area contributed by atoms with E-state index in [0.717, 1.165) is 24.0 Å². The molecule has 1 atom stereocenters. The summed E-state index contributed by atoms with van der Waals surface area (Å²) >= 11 is 0. The molecule has 0 bridgehead atoms. The molecule has 1 aliphatic rings.